The summed E-state index contributed by atoms with van der Waals surface area (Å²) in [6.07, 6.45) is 1.87. The standard InChI is InChI=1S/C19H13N3O3/c1-22-19-12(9-20-22)15(10-5-3-2-4-6-10)18-17(21-19)16-13(24)7-11(23)8-14(16)25-18/h2-9,20,24H,1H3. The number of phenols is 1. The second-order valence-electron chi connectivity index (χ2n) is 6.02. The summed E-state index contributed by atoms with van der Waals surface area (Å²) in [5, 5.41) is 14.8. The van der Waals surface area contributed by atoms with Gasteiger partial charge in [-0.1, -0.05) is 30.3 Å². The van der Waals surface area contributed by atoms with E-state index < -0.39 is 0 Å². The number of H-pyrrole nitrogens is 1. The van der Waals surface area contributed by atoms with E-state index in [4.69, 9.17) is 4.42 Å². The Kier molecular flexibility index (Phi) is 2.62. The van der Waals surface area contributed by atoms with Crippen LogP contribution in [0.2, 0.25) is 0 Å². The number of hydrogen-bond acceptors (Lipinski definition) is 4. The molecule has 0 aliphatic carbocycles. The maximum Gasteiger partial charge on any atom is 0.186 e. The number of hydrogen-bond donors (Lipinski definition) is 2. The van der Waals surface area contributed by atoms with E-state index in [0.717, 1.165) is 22.2 Å². The quantitative estimate of drug-likeness (QED) is 0.492. The Hall–Kier alpha value is -3.54. The molecule has 0 amide bonds. The smallest absolute Gasteiger partial charge is 0.186 e. The van der Waals surface area contributed by atoms with Gasteiger partial charge in [-0.3, -0.25) is 9.48 Å². The molecule has 0 saturated carbocycles. The lowest BCUT2D eigenvalue weighted by molar-refractivity contribution is 0.481. The van der Waals surface area contributed by atoms with Crippen molar-refractivity contribution >= 4 is 33.1 Å². The number of furan rings is 1. The molecular weight excluding hydrogens is 318 g/mol. The first-order valence-corrected chi connectivity index (χ1v) is 7.82. The fraction of sp³-hybridized carbons (Fsp3) is 0.0526. The first-order chi connectivity index (χ1) is 12.1. The van der Waals surface area contributed by atoms with Gasteiger partial charge in [-0.05, 0) is 5.56 Å². The molecule has 0 fully saturated rings. The summed E-state index contributed by atoms with van der Waals surface area (Å²) in [5.41, 5.74) is 3.70. The van der Waals surface area contributed by atoms with Gasteiger partial charge in [0.1, 0.15) is 16.8 Å². The van der Waals surface area contributed by atoms with Crippen molar-refractivity contribution in [3.8, 4) is 16.9 Å². The van der Waals surface area contributed by atoms with Crippen LogP contribution in [0.4, 0.5) is 0 Å². The Morgan fingerprint density at radius 2 is 2.00 bits per heavy atom. The molecular formula is C19H13N3O3. The highest BCUT2D eigenvalue weighted by atomic mass is 16.3. The SMILES string of the molecule is Cn1[nH]cc2c(-c3ccccc3)c3oc4cc(=O)cc(O)c4c3nc21. The summed E-state index contributed by atoms with van der Waals surface area (Å²) in [4.78, 5) is 16.4. The summed E-state index contributed by atoms with van der Waals surface area (Å²) in [7, 11) is 1.87. The number of rotatable bonds is 1. The lowest BCUT2D eigenvalue weighted by Gasteiger charge is -2.05. The first kappa shape index (κ1) is 13.9. The Morgan fingerprint density at radius 1 is 1.20 bits per heavy atom. The van der Waals surface area contributed by atoms with Crippen molar-refractivity contribution in [2.24, 2.45) is 7.05 Å². The maximum atomic E-state index is 11.7. The third-order valence-electron chi connectivity index (χ3n) is 4.46. The minimum absolute atomic E-state index is 0.120. The van der Waals surface area contributed by atoms with Crippen LogP contribution < -0.4 is 5.43 Å². The lowest BCUT2D eigenvalue weighted by Crippen LogP contribution is -1.94. The third-order valence-corrected chi connectivity index (χ3v) is 4.46. The molecule has 6 nitrogen and oxygen atoms in total. The molecule has 0 saturated heterocycles. The van der Waals surface area contributed by atoms with Crippen LogP contribution in [0.15, 0.2) is 57.9 Å². The number of aryl methyl sites for hydroxylation is 1. The Labute approximate surface area is 140 Å². The molecule has 0 unspecified atom stereocenters. The normalized spacial score (nSPS) is 11.7. The molecule has 5 rings (SSSR count). The largest absolute Gasteiger partial charge is 0.507 e. The van der Waals surface area contributed by atoms with Crippen molar-refractivity contribution in [2.75, 3.05) is 0 Å². The van der Waals surface area contributed by atoms with Crippen LogP contribution in [0.25, 0.3) is 44.2 Å². The van der Waals surface area contributed by atoms with Gasteiger partial charge in [0.25, 0.3) is 0 Å². The number of phenolic OH excluding ortho intramolecular Hbond substituents is 1. The monoisotopic (exact) mass is 331 g/mol. The van der Waals surface area contributed by atoms with E-state index in [-0.39, 0.29) is 11.2 Å². The van der Waals surface area contributed by atoms with Crippen LogP contribution in [0.5, 0.6) is 5.75 Å². The molecule has 0 aliphatic rings. The topological polar surface area (TPSA) is 84.0 Å². The zero-order valence-electron chi connectivity index (χ0n) is 13.3. The predicted octanol–water partition coefficient (Wildman–Crippen LogP) is 3.53. The summed E-state index contributed by atoms with van der Waals surface area (Å²) >= 11 is 0. The van der Waals surface area contributed by atoms with Gasteiger partial charge >= 0.3 is 0 Å². The summed E-state index contributed by atoms with van der Waals surface area (Å²) in [6, 6.07) is 12.4. The molecule has 0 atom stereocenters. The number of nitrogens with one attached hydrogen (secondary N) is 1. The number of aromatic nitrogens is 3. The van der Waals surface area contributed by atoms with Gasteiger partial charge in [0, 0.05) is 36.3 Å². The van der Waals surface area contributed by atoms with Crippen LogP contribution in [-0.4, -0.2) is 19.9 Å². The van der Waals surface area contributed by atoms with Crippen molar-refractivity contribution < 1.29 is 9.52 Å². The minimum Gasteiger partial charge on any atom is -0.507 e. The van der Waals surface area contributed by atoms with Crippen LogP contribution in [0, 0.1) is 0 Å². The van der Waals surface area contributed by atoms with E-state index in [2.05, 4.69) is 10.1 Å². The molecule has 3 aromatic heterocycles. The van der Waals surface area contributed by atoms with Gasteiger partial charge in [0.05, 0.1) is 5.39 Å². The molecule has 2 aromatic carbocycles. The average molecular weight is 331 g/mol. The van der Waals surface area contributed by atoms with Crippen molar-refractivity contribution in [2.45, 2.75) is 0 Å². The first-order valence-electron chi connectivity index (χ1n) is 7.82. The Bertz CT molecular complexity index is 1330. The molecule has 3 heterocycles. The van der Waals surface area contributed by atoms with Crippen molar-refractivity contribution in [3.05, 3.63) is 58.9 Å². The number of nitrogens with zero attached hydrogens (tertiary/aromatic N) is 2. The number of pyridine rings is 1. The maximum absolute atomic E-state index is 11.7. The van der Waals surface area contributed by atoms with E-state index in [1.54, 1.807) is 4.68 Å². The molecule has 0 aliphatic heterocycles. The summed E-state index contributed by atoms with van der Waals surface area (Å²) < 4.78 is 7.78. The van der Waals surface area contributed by atoms with Gasteiger partial charge in [-0.25, -0.2) is 4.98 Å². The molecule has 0 bridgehead atoms. The van der Waals surface area contributed by atoms with Crippen LogP contribution >= 0.6 is 0 Å². The van der Waals surface area contributed by atoms with E-state index in [1.165, 1.54) is 12.1 Å². The van der Waals surface area contributed by atoms with E-state index in [0.29, 0.717) is 22.1 Å². The van der Waals surface area contributed by atoms with Crippen molar-refractivity contribution in [1.29, 1.82) is 0 Å². The molecule has 25 heavy (non-hydrogen) atoms. The number of benzene rings is 2. The van der Waals surface area contributed by atoms with Crippen molar-refractivity contribution in [1.82, 2.24) is 14.8 Å². The fourth-order valence-corrected chi connectivity index (χ4v) is 3.35. The summed E-state index contributed by atoms with van der Waals surface area (Å²) in [5.74, 6) is -0.120. The highest BCUT2D eigenvalue weighted by molar-refractivity contribution is 6.15. The molecule has 5 aromatic rings. The molecule has 0 spiro atoms. The molecule has 2 N–H and O–H groups in total. The van der Waals surface area contributed by atoms with E-state index in [1.807, 2.05) is 43.6 Å². The number of aromatic amines is 1. The van der Waals surface area contributed by atoms with Crippen LogP contribution in [0.1, 0.15) is 0 Å². The Morgan fingerprint density at radius 3 is 2.80 bits per heavy atom. The highest BCUT2D eigenvalue weighted by Gasteiger charge is 2.21. The summed E-state index contributed by atoms with van der Waals surface area (Å²) in [6.45, 7) is 0. The van der Waals surface area contributed by atoms with Gasteiger partial charge in [0.2, 0.25) is 0 Å². The lowest BCUT2D eigenvalue weighted by atomic mass is 10.0. The van der Waals surface area contributed by atoms with Gasteiger partial charge in [-0.2, -0.15) is 0 Å². The molecule has 122 valence electrons. The van der Waals surface area contributed by atoms with Gasteiger partial charge in [-0.15, -0.1) is 0 Å². The average Bonchev–Trinajstić information content (AvgIpc) is 3.14. The van der Waals surface area contributed by atoms with Gasteiger partial charge in [0.15, 0.2) is 16.7 Å². The Balaban J connectivity index is 2.08. The zero-order valence-corrected chi connectivity index (χ0v) is 13.3. The number of aromatic hydroxyl groups is 1. The van der Waals surface area contributed by atoms with Crippen LogP contribution in [-0.2, 0) is 7.05 Å². The van der Waals surface area contributed by atoms with Crippen molar-refractivity contribution in [3.63, 3.8) is 0 Å². The third kappa shape index (κ3) is 1.85. The molecule has 0 radical (unpaired) electrons. The van der Waals surface area contributed by atoms with Gasteiger partial charge < -0.3 is 14.6 Å². The molecule has 6 heteroatoms. The van der Waals surface area contributed by atoms with E-state index >= 15 is 0 Å². The minimum atomic E-state index is -0.303. The van der Waals surface area contributed by atoms with Crippen LogP contribution in [0.3, 0.4) is 0 Å². The number of fused-ring (bicyclic) bond motifs is 4. The predicted molar refractivity (Wildman–Crippen MR) is 95.7 cm³/mol. The second-order valence-corrected chi connectivity index (χ2v) is 6.02. The highest BCUT2D eigenvalue weighted by Crippen LogP contribution is 2.41. The second kappa shape index (κ2) is 4.73. The zero-order chi connectivity index (χ0) is 17.1. The fourth-order valence-electron chi connectivity index (χ4n) is 3.35. The van der Waals surface area contributed by atoms with E-state index in [9.17, 15) is 9.90 Å².